The molecule has 0 saturated carbocycles. The second kappa shape index (κ2) is 5.54. The van der Waals surface area contributed by atoms with Crippen LogP contribution in [0.4, 0.5) is 11.4 Å². The molecule has 2 aromatic carbocycles. The molecule has 3 rings (SSSR count). The van der Waals surface area contributed by atoms with Gasteiger partial charge in [-0.3, -0.25) is 10.1 Å². The number of rotatable bonds is 3. The van der Waals surface area contributed by atoms with Crippen LogP contribution in [0.5, 0.6) is 0 Å². The van der Waals surface area contributed by atoms with Crippen molar-refractivity contribution in [3.05, 3.63) is 69.3 Å². The van der Waals surface area contributed by atoms with Crippen LogP contribution in [-0.4, -0.2) is 11.5 Å². The Hall–Kier alpha value is -2.40. The molecule has 1 N–H and O–H groups in total. The molecule has 1 atom stereocenters. The summed E-state index contributed by atoms with van der Waals surface area (Å²) in [5, 5.41) is 14.2. The molecular formula is C16H16N2O3. The first-order valence-electron chi connectivity index (χ1n) is 6.82. The number of nitrogens with one attached hydrogen (secondary N) is 1. The number of anilines is 1. The summed E-state index contributed by atoms with van der Waals surface area (Å²) in [4.78, 5) is 10.4. The van der Waals surface area contributed by atoms with Gasteiger partial charge in [-0.15, -0.1) is 0 Å². The highest BCUT2D eigenvalue weighted by Crippen LogP contribution is 2.30. The Kier molecular flexibility index (Phi) is 3.58. The number of fused-ring (bicyclic) bond motifs is 1. The molecule has 5 heteroatoms. The summed E-state index contributed by atoms with van der Waals surface area (Å²) in [6.07, 6.45) is 0. The van der Waals surface area contributed by atoms with Gasteiger partial charge >= 0.3 is 0 Å². The third kappa shape index (κ3) is 2.73. The first-order chi connectivity index (χ1) is 10.1. The zero-order valence-electron chi connectivity index (χ0n) is 11.7. The molecule has 0 spiro atoms. The lowest BCUT2D eigenvalue weighted by Crippen LogP contribution is -2.23. The minimum Gasteiger partial charge on any atom is -0.376 e. The van der Waals surface area contributed by atoms with Crippen molar-refractivity contribution < 1.29 is 9.66 Å². The number of benzene rings is 2. The Balaban J connectivity index is 1.86. The second-order valence-corrected chi connectivity index (χ2v) is 5.17. The summed E-state index contributed by atoms with van der Waals surface area (Å²) < 4.78 is 5.61. The third-order valence-electron chi connectivity index (χ3n) is 3.72. The van der Waals surface area contributed by atoms with Crippen molar-refractivity contribution >= 4 is 11.4 Å². The fourth-order valence-electron chi connectivity index (χ4n) is 2.61. The van der Waals surface area contributed by atoms with E-state index >= 15 is 0 Å². The van der Waals surface area contributed by atoms with Gasteiger partial charge in [-0.05, 0) is 29.7 Å². The Morgan fingerprint density at radius 1 is 1.29 bits per heavy atom. The smallest absolute Gasteiger partial charge is 0.269 e. The van der Waals surface area contributed by atoms with Crippen molar-refractivity contribution in [1.29, 1.82) is 0 Å². The molecule has 0 radical (unpaired) electrons. The van der Waals surface area contributed by atoms with E-state index in [0.717, 1.165) is 11.3 Å². The summed E-state index contributed by atoms with van der Waals surface area (Å²) in [5.41, 5.74) is 4.26. The standard InChI is InChI=1S/C16H16N2O3/c1-11-8-13(18(19)20)6-7-15(11)17-16-10-21-9-12-4-2-3-5-14(12)16/h2-8,16-17H,9-10H2,1H3. The van der Waals surface area contributed by atoms with Crippen LogP contribution in [0, 0.1) is 17.0 Å². The lowest BCUT2D eigenvalue weighted by molar-refractivity contribution is -0.384. The Bertz CT molecular complexity index is 685. The molecule has 1 heterocycles. The van der Waals surface area contributed by atoms with Crippen LogP contribution in [0.2, 0.25) is 0 Å². The van der Waals surface area contributed by atoms with Gasteiger partial charge in [-0.2, -0.15) is 0 Å². The number of hydrogen-bond donors (Lipinski definition) is 1. The van der Waals surface area contributed by atoms with Gasteiger partial charge in [0.05, 0.1) is 24.2 Å². The SMILES string of the molecule is Cc1cc([N+](=O)[O-])ccc1NC1COCc2ccccc21. The van der Waals surface area contributed by atoms with Gasteiger partial charge in [0.15, 0.2) is 0 Å². The average molecular weight is 284 g/mol. The summed E-state index contributed by atoms with van der Waals surface area (Å²) >= 11 is 0. The molecule has 0 aliphatic carbocycles. The summed E-state index contributed by atoms with van der Waals surface area (Å²) in [6, 6.07) is 13.1. The molecule has 2 aromatic rings. The van der Waals surface area contributed by atoms with Crippen LogP contribution in [0.25, 0.3) is 0 Å². The van der Waals surface area contributed by atoms with Crippen LogP contribution < -0.4 is 5.32 Å². The van der Waals surface area contributed by atoms with E-state index in [1.165, 1.54) is 17.2 Å². The molecule has 0 bridgehead atoms. The van der Waals surface area contributed by atoms with Crippen molar-refractivity contribution in [2.45, 2.75) is 19.6 Å². The van der Waals surface area contributed by atoms with Crippen molar-refractivity contribution in [3.63, 3.8) is 0 Å². The molecule has 108 valence electrons. The first-order valence-corrected chi connectivity index (χ1v) is 6.82. The molecule has 0 aromatic heterocycles. The van der Waals surface area contributed by atoms with E-state index in [-0.39, 0.29) is 16.7 Å². The van der Waals surface area contributed by atoms with Gasteiger partial charge in [0.1, 0.15) is 0 Å². The molecule has 1 aliphatic heterocycles. The fraction of sp³-hybridized carbons (Fsp3) is 0.250. The zero-order valence-corrected chi connectivity index (χ0v) is 11.7. The van der Waals surface area contributed by atoms with E-state index in [0.29, 0.717) is 13.2 Å². The predicted molar refractivity (Wildman–Crippen MR) is 80.3 cm³/mol. The van der Waals surface area contributed by atoms with Gasteiger partial charge < -0.3 is 10.1 Å². The number of nitro benzene ring substituents is 1. The number of hydrogen-bond acceptors (Lipinski definition) is 4. The van der Waals surface area contributed by atoms with E-state index in [9.17, 15) is 10.1 Å². The summed E-state index contributed by atoms with van der Waals surface area (Å²) in [6.45, 7) is 3.09. The lowest BCUT2D eigenvalue weighted by Gasteiger charge is -2.27. The van der Waals surface area contributed by atoms with Crippen LogP contribution >= 0.6 is 0 Å². The second-order valence-electron chi connectivity index (χ2n) is 5.17. The maximum absolute atomic E-state index is 10.8. The number of aryl methyl sites for hydroxylation is 1. The topological polar surface area (TPSA) is 64.4 Å². The molecular weight excluding hydrogens is 268 g/mol. The van der Waals surface area contributed by atoms with E-state index in [1.807, 2.05) is 19.1 Å². The van der Waals surface area contributed by atoms with Gasteiger partial charge in [0, 0.05) is 17.8 Å². The number of nitrogens with zero attached hydrogens (tertiary/aromatic N) is 1. The Labute approximate surface area is 122 Å². The minimum atomic E-state index is -0.379. The lowest BCUT2D eigenvalue weighted by atomic mass is 9.98. The Morgan fingerprint density at radius 2 is 2.10 bits per heavy atom. The largest absolute Gasteiger partial charge is 0.376 e. The fourth-order valence-corrected chi connectivity index (χ4v) is 2.61. The quantitative estimate of drug-likeness (QED) is 0.691. The van der Waals surface area contributed by atoms with Crippen LogP contribution in [0.3, 0.4) is 0 Å². The molecule has 0 fully saturated rings. The predicted octanol–water partition coefficient (Wildman–Crippen LogP) is 3.59. The normalized spacial score (nSPS) is 17.1. The molecule has 1 unspecified atom stereocenters. The highest BCUT2D eigenvalue weighted by molar-refractivity contribution is 5.57. The van der Waals surface area contributed by atoms with Gasteiger partial charge in [0.2, 0.25) is 0 Å². The monoisotopic (exact) mass is 284 g/mol. The van der Waals surface area contributed by atoms with Crippen LogP contribution in [0.15, 0.2) is 42.5 Å². The average Bonchev–Trinajstić information content (AvgIpc) is 2.49. The van der Waals surface area contributed by atoms with Crippen LogP contribution in [-0.2, 0) is 11.3 Å². The first kappa shape index (κ1) is 13.6. The molecule has 0 saturated heterocycles. The van der Waals surface area contributed by atoms with E-state index < -0.39 is 0 Å². The highest BCUT2D eigenvalue weighted by atomic mass is 16.6. The van der Waals surface area contributed by atoms with Crippen molar-refractivity contribution in [2.24, 2.45) is 0 Å². The van der Waals surface area contributed by atoms with Gasteiger partial charge in [0.25, 0.3) is 5.69 Å². The van der Waals surface area contributed by atoms with E-state index in [2.05, 4.69) is 17.4 Å². The van der Waals surface area contributed by atoms with Crippen molar-refractivity contribution in [2.75, 3.05) is 11.9 Å². The molecule has 21 heavy (non-hydrogen) atoms. The zero-order chi connectivity index (χ0) is 14.8. The maximum Gasteiger partial charge on any atom is 0.269 e. The van der Waals surface area contributed by atoms with E-state index in [1.54, 1.807) is 12.1 Å². The van der Waals surface area contributed by atoms with Crippen LogP contribution in [0.1, 0.15) is 22.7 Å². The Morgan fingerprint density at radius 3 is 2.86 bits per heavy atom. The summed E-state index contributed by atoms with van der Waals surface area (Å²) in [7, 11) is 0. The summed E-state index contributed by atoms with van der Waals surface area (Å²) in [5.74, 6) is 0. The minimum absolute atomic E-state index is 0.0649. The maximum atomic E-state index is 10.8. The molecule has 5 nitrogen and oxygen atoms in total. The number of non-ortho nitro benzene ring substituents is 1. The van der Waals surface area contributed by atoms with Crippen molar-refractivity contribution in [1.82, 2.24) is 0 Å². The highest BCUT2D eigenvalue weighted by Gasteiger charge is 2.21. The third-order valence-corrected chi connectivity index (χ3v) is 3.72. The molecule has 0 amide bonds. The van der Waals surface area contributed by atoms with E-state index in [4.69, 9.17) is 4.74 Å². The number of nitro groups is 1. The van der Waals surface area contributed by atoms with Crippen molar-refractivity contribution in [3.8, 4) is 0 Å². The molecule has 1 aliphatic rings. The number of ether oxygens (including phenoxy) is 1. The van der Waals surface area contributed by atoms with Gasteiger partial charge in [-0.25, -0.2) is 0 Å². The van der Waals surface area contributed by atoms with Gasteiger partial charge in [-0.1, -0.05) is 24.3 Å².